The number of anilines is 1. The minimum Gasteiger partial charge on any atom is -0.294 e. The van der Waals surface area contributed by atoms with E-state index in [1.54, 1.807) is 41.3 Å². The number of allylic oxidation sites excluding steroid dienone is 2. The second kappa shape index (κ2) is 6.97. The molecule has 1 unspecified atom stereocenters. The summed E-state index contributed by atoms with van der Waals surface area (Å²) >= 11 is 0. The third kappa shape index (κ3) is 3.47. The van der Waals surface area contributed by atoms with Crippen molar-refractivity contribution in [3.05, 3.63) is 76.7 Å². The molecule has 0 bridgehead atoms. The third-order valence-electron chi connectivity index (χ3n) is 5.65. The van der Waals surface area contributed by atoms with Crippen molar-refractivity contribution >= 4 is 17.4 Å². The first-order valence-electron chi connectivity index (χ1n) is 9.64. The number of hydrogen-bond donors (Lipinski definition) is 0. The van der Waals surface area contributed by atoms with Crippen molar-refractivity contribution in [3.8, 4) is 6.07 Å². The van der Waals surface area contributed by atoms with Gasteiger partial charge >= 0.3 is 0 Å². The lowest BCUT2D eigenvalue weighted by Crippen LogP contribution is -2.43. The van der Waals surface area contributed by atoms with E-state index in [0.717, 1.165) is 0 Å². The Kier molecular flexibility index (Phi) is 4.58. The number of nitrogens with zero attached hydrogens (tertiary/aromatic N) is 2. The van der Waals surface area contributed by atoms with Crippen molar-refractivity contribution in [2.45, 2.75) is 39.0 Å². The summed E-state index contributed by atoms with van der Waals surface area (Å²) in [5.41, 5.74) is 2.83. The van der Waals surface area contributed by atoms with Crippen LogP contribution in [0.5, 0.6) is 0 Å². The second-order valence-electron chi connectivity index (χ2n) is 8.50. The van der Waals surface area contributed by atoms with Gasteiger partial charge in [0.15, 0.2) is 5.78 Å². The molecule has 2 aliphatic rings. The predicted molar refractivity (Wildman–Crippen MR) is 107 cm³/mol. The van der Waals surface area contributed by atoms with Crippen LogP contribution in [-0.4, -0.2) is 11.7 Å². The van der Waals surface area contributed by atoms with Gasteiger partial charge in [0.2, 0.25) is 5.91 Å². The number of carbonyl (C=O) groups is 2. The molecule has 1 aliphatic heterocycles. The molecule has 0 aromatic heterocycles. The fraction of sp³-hybridized carbons (Fsp3) is 0.292. The highest BCUT2D eigenvalue weighted by molar-refractivity contribution is 6.07. The van der Waals surface area contributed by atoms with Gasteiger partial charge in [0.05, 0.1) is 11.6 Å². The Morgan fingerprint density at radius 1 is 1.10 bits per heavy atom. The molecule has 4 nitrogen and oxygen atoms in total. The van der Waals surface area contributed by atoms with Crippen LogP contribution >= 0.6 is 0 Å². The number of amides is 1. The zero-order valence-corrected chi connectivity index (χ0v) is 16.4. The van der Waals surface area contributed by atoms with Crippen LogP contribution in [0, 0.1) is 22.6 Å². The van der Waals surface area contributed by atoms with Gasteiger partial charge in [-0.1, -0.05) is 26.0 Å². The van der Waals surface area contributed by atoms with Crippen LogP contribution in [0.2, 0.25) is 0 Å². The van der Waals surface area contributed by atoms with Crippen molar-refractivity contribution in [1.29, 1.82) is 5.26 Å². The standard InChI is InChI=1S/C24H21FN2O2/c1-24(2)12-20-23(21(28)13-24)19(16-4-3-5-17(25)10-16)11-22(29)27(20)18-8-6-15(14-26)7-9-18/h3-10,19H,11-13H2,1-2H3. The molecular weight excluding hydrogens is 367 g/mol. The van der Waals surface area contributed by atoms with Crippen LogP contribution in [0.25, 0.3) is 0 Å². The summed E-state index contributed by atoms with van der Waals surface area (Å²) in [7, 11) is 0. The molecule has 2 aromatic carbocycles. The van der Waals surface area contributed by atoms with Gasteiger partial charge in [-0.3, -0.25) is 14.5 Å². The van der Waals surface area contributed by atoms with Gasteiger partial charge in [-0.05, 0) is 53.8 Å². The van der Waals surface area contributed by atoms with Gasteiger partial charge in [0.1, 0.15) is 5.82 Å². The van der Waals surface area contributed by atoms with E-state index in [0.29, 0.717) is 40.9 Å². The largest absolute Gasteiger partial charge is 0.294 e. The van der Waals surface area contributed by atoms with Gasteiger partial charge in [0, 0.05) is 35.7 Å². The highest BCUT2D eigenvalue weighted by Gasteiger charge is 2.44. The monoisotopic (exact) mass is 388 g/mol. The molecule has 146 valence electrons. The van der Waals surface area contributed by atoms with Gasteiger partial charge in [-0.15, -0.1) is 0 Å². The molecule has 2 aromatic rings. The molecule has 1 aliphatic carbocycles. The molecule has 5 heteroatoms. The number of halogens is 1. The van der Waals surface area contributed by atoms with Crippen molar-refractivity contribution < 1.29 is 14.0 Å². The van der Waals surface area contributed by atoms with Crippen molar-refractivity contribution in [2.24, 2.45) is 5.41 Å². The first-order chi connectivity index (χ1) is 13.8. The minimum atomic E-state index is -0.438. The lowest BCUT2D eigenvalue weighted by atomic mass is 9.69. The average Bonchev–Trinajstić information content (AvgIpc) is 2.66. The van der Waals surface area contributed by atoms with Crippen LogP contribution in [0.1, 0.15) is 50.2 Å². The van der Waals surface area contributed by atoms with E-state index in [9.17, 15) is 14.0 Å². The zero-order valence-electron chi connectivity index (χ0n) is 16.4. The Labute approximate surface area is 169 Å². The first-order valence-corrected chi connectivity index (χ1v) is 9.64. The number of Topliss-reactive ketones (excluding diaryl/α,β-unsaturated/α-hetero) is 1. The molecule has 0 saturated heterocycles. The summed E-state index contributed by atoms with van der Waals surface area (Å²) in [5, 5.41) is 9.05. The lowest BCUT2D eigenvalue weighted by molar-refractivity contribution is -0.121. The lowest BCUT2D eigenvalue weighted by Gasteiger charge is -2.43. The number of hydrogen-bond acceptors (Lipinski definition) is 3. The van der Waals surface area contributed by atoms with Gasteiger partial charge in [-0.25, -0.2) is 4.39 Å². The number of ketones is 1. The van der Waals surface area contributed by atoms with Crippen LogP contribution in [0.4, 0.5) is 10.1 Å². The first kappa shape index (κ1) is 19.1. The normalized spacial score (nSPS) is 21.0. The van der Waals surface area contributed by atoms with E-state index >= 15 is 0 Å². The maximum atomic E-state index is 13.9. The highest BCUT2D eigenvalue weighted by Crippen LogP contribution is 2.48. The summed E-state index contributed by atoms with van der Waals surface area (Å²) in [6.07, 6.45) is 1.08. The van der Waals surface area contributed by atoms with E-state index in [-0.39, 0.29) is 29.3 Å². The minimum absolute atomic E-state index is 0.0108. The number of benzene rings is 2. The summed E-state index contributed by atoms with van der Waals surface area (Å²) in [6, 6.07) is 15.0. The fourth-order valence-electron chi connectivity index (χ4n) is 4.41. The summed E-state index contributed by atoms with van der Waals surface area (Å²) in [5.74, 6) is -0.938. The van der Waals surface area contributed by atoms with E-state index in [2.05, 4.69) is 6.07 Å². The average molecular weight is 388 g/mol. The molecule has 0 saturated carbocycles. The molecule has 29 heavy (non-hydrogen) atoms. The molecule has 0 N–H and O–H groups in total. The SMILES string of the molecule is CC1(C)CC(=O)C2=C(C1)N(c1ccc(C#N)cc1)C(=O)CC2c1cccc(F)c1. The number of nitriles is 1. The van der Waals surface area contributed by atoms with Gasteiger partial charge < -0.3 is 0 Å². The Morgan fingerprint density at radius 2 is 1.83 bits per heavy atom. The number of rotatable bonds is 2. The van der Waals surface area contributed by atoms with Crippen LogP contribution in [0.15, 0.2) is 59.8 Å². The van der Waals surface area contributed by atoms with E-state index in [4.69, 9.17) is 5.26 Å². The highest BCUT2D eigenvalue weighted by atomic mass is 19.1. The topological polar surface area (TPSA) is 61.2 Å². The fourth-order valence-corrected chi connectivity index (χ4v) is 4.41. The quantitative estimate of drug-likeness (QED) is 0.738. The Bertz CT molecular complexity index is 1080. The molecule has 1 atom stereocenters. The summed E-state index contributed by atoms with van der Waals surface area (Å²) in [4.78, 5) is 28.0. The molecule has 1 heterocycles. The Balaban J connectivity index is 1.88. The van der Waals surface area contributed by atoms with Crippen molar-refractivity contribution in [2.75, 3.05) is 4.90 Å². The van der Waals surface area contributed by atoms with E-state index in [1.165, 1.54) is 12.1 Å². The smallest absolute Gasteiger partial charge is 0.232 e. The van der Waals surface area contributed by atoms with Crippen LogP contribution < -0.4 is 4.90 Å². The maximum Gasteiger partial charge on any atom is 0.232 e. The van der Waals surface area contributed by atoms with E-state index < -0.39 is 5.92 Å². The van der Waals surface area contributed by atoms with Crippen molar-refractivity contribution in [3.63, 3.8) is 0 Å². The van der Waals surface area contributed by atoms with Gasteiger partial charge in [-0.2, -0.15) is 5.26 Å². The molecule has 1 amide bonds. The van der Waals surface area contributed by atoms with Crippen LogP contribution in [-0.2, 0) is 9.59 Å². The third-order valence-corrected chi connectivity index (χ3v) is 5.65. The zero-order chi connectivity index (χ0) is 20.8. The van der Waals surface area contributed by atoms with E-state index in [1.807, 2.05) is 13.8 Å². The maximum absolute atomic E-state index is 13.9. The Hall–Kier alpha value is -3.26. The summed E-state index contributed by atoms with van der Waals surface area (Å²) < 4.78 is 13.9. The summed E-state index contributed by atoms with van der Waals surface area (Å²) in [6.45, 7) is 4.03. The van der Waals surface area contributed by atoms with Crippen molar-refractivity contribution in [1.82, 2.24) is 0 Å². The predicted octanol–water partition coefficient (Wildman–Crippen LogP) is 4.86. The molecule has 4 rings (SSSR count). The Morgan fingerprint density at radius 3 is 2.48 bits per heavy atom. The molecule has 0 fully saturated rings. The second-order valence-corrected chi connectivity index (χ2v) is 8.50. The molecule has 0 radical (unpaired) electrons. The van der Waals surface area contributed by atoms with Crippen LogP contribution in [0.3, 0.4) is 0 Å². The van der Waals surface area contributed by atoms with Gasteiger partial charge in [0.25, 0.3) is 0 Å². The number of carbonyl (C=O) groups excluding carboxylic acids is 2. The molecule has 0 spiro atoms. The molecular formula is C24H21FN2O2.